The van der Waals surface area contributed by atoms with Crippen molar-refractivity contribution in [2.45, 2.75) is 13.3 Å². The lowest BCUT2D eigenvalue weighted by molar-refractivity contribution is -0.142. The van der Waals surface area contributed by atoms with Crippen molar-refractivity contribution in [1.82, 2.24) is 4.98 Å². The van der Waals surface area contributed by atoms with Crippen LogP contribution >= 0.6 is 11.3 Å². The summed E-state index contributed by atoms with van der Waals surface area (Å²) in [4.78, 5) is 39.7. The molecular weight excluding hydrogens is 380 g/mol. The lowest BCUT2D eigenvalue weighted by atomic mass is 10.1. The number of benzene rings is 2. The average Bonchev–Trinajstić information content (AvgIpc) is 3.12. The van der Waals surface area contributed by atoms with Crippen molar-refractivity contribution >= 4 is 45.1 Å². The van der Waals surface area contributed by atoms with Crippen molar-refractivity contribution in [3.63, 3.8) is 0 Å². The molecular formula is C20H18N2O5S. The van der Waals surface area contributed by atoms with Gasteiger partial charge in [-0.3, -0.25) is 14.9 Å². The quantitative estimate of drug-likeness (QED) is 0.614. The summed E-state index contributed by atoms with van der Waals surface area (Å²) in [5, 5.41) is 6.46. The van der Waals surface area contributed by atoms with Crippen LogP contribution in [0.5, 0.6) is 0 Å². The van der Waals surface area contributed by atoms with E-state index in [2.05, 4.69) is 10.3 Å². The largest absolute Gasteiger partial charge is 0.466 e. The second kappa shape index (κ2) is 9.09. The molecule has 0 aliphatic heterocycles. The van der Waals surface area contributed by atoms with Gasteiger partial charge >= 0.3 is 11.9 Å². The van der Waals surface area contributed by atoms with Gasteiger partial charge in [-0.1, -0.05) is 30.3 Å². The highest BCUT2D eigenvalue weighted by atomic mass is 32.1. The first-order valence-electron chi connectivity index (χ1n) is 8.61. The number of hydrogen-bond donors (Lipinski definition) is 1. The highest BCUT2D eigenvalue weighted by Crippen LogP contribution is 2.17. The lowest BCUT2D eigenvalue weighted by Crippen LogP contribution is -2.21. The molecule has 1 aromatic heterocycles. The van der Waals surface area contributed by atoms with Crippen molar-refractivity contribution in [2.75, 3.05) is 18.5 Å². The maximum atomic E-state index is 12.2. The first-order valence-corrected chi connectivity index (χ1v) is 9.49. The molecule has 8 heteroatoms. The molecule has 7 nitrogen and oxygen atoms in total. The molecule has 0 aliphatic rings. The number of amides is 1. The fraction of sp³-hybridized carbons (Fsp3) is 0.200. The third-order valence-corrected chi connectivity index (χ3v) is 4.55. The minimum Gasteiger partial charge on any atom is -0.466 e. The third-order valence-electron chi connectivity index (χ3n) is 3.75. The number of thiazole rings is 1. The van der Waals surface area contributed by atoms with E-state index in [4.69, 9.17) is 9.47 Å². The van der Waals surface area contributed by atoms with E-state index in [-0.39, 0.29) is 12.4 Å². The molecule has 1 heterocycles. The second-order valence-corrected chi connectivity index (χ2v) is 6.67. The van der Waals surface area contributed by atoms with Gasteiger partial charge in [-0.25, -0.2) is 9.78 Å². The molecule has 3 aromatic rings. The van der Waals surface area contributed by atoms with Gasteiger partial charge < -0.3 is 9.47 Å². The van der Waals surface area contributed by atoms with E-state index in [0.717, 1.165) is 10.8 Å². The fourth-order valence-corrected chi connectivity index (χ4v) is 3.22. The molecule has 0 unspecified atom stereocenters. The topological polar surface area (TPSA) is 94.6 Å². The number of aromatic nitrogens is 1. The summed E-state index contributed by atoms with van der Waals surface area (Å²) in [5.41, 5.74) is 0.879. The van der Waals surface area contributed by atoms with Crippen LogP contribution in [0.15, 0.2) is 47.8 Å². The van der Waals surface area contributed by atoms with E-state index in [1.54, 1.807) is 24.4 Å². The fourth-order valence-electron chi connectivity index (χ4n) is 2.49. The summed E-state index contributed by atoms with van der Waals surface area (Å²) in [5.74, 6) is -1.47. The Morgan fingerprint density at radius 1 is 1.07 bits per heavy atom. The summed E-state index contributed by atoms with van der Waals surface area (Å²) in [6.07, 6.45) is 0.0388. The first-order chi connectivity index (χ1) is 13.5. The Morgan fingerprint density at radius 2 is 1.86 bits per heavy atom. The van der Waals surface area contributed by atoms with E-state index < -0.39 is 18.5 Å². The van der Waals surface area contributed by atoms with Gasteiger partial charge in [0.15, 0.2) is 11.7 Å². The van der Waals surface area contributed by atoms with Crippen LogP contribution in [0.4, 0.5) is 5.13 Å². The summed E-state index contributed by atoms with van der Waals surface area (Å²) >= 11 is 1.18. The standard InChI is InChI=1S/C20H18N2O5S/c1-2-26-18(24)10-16-12-28-20(21-16)22-17(23)11-27-19(25)15-8-7-13-5-3-4-6-14(13)9-15/h3-9,12H,2,10-11H2,1H3,(H,21,22,23). The van der Waals surface area contributed by atoms with Gasteiger partial charge in [0.05, 0.1) is 24.3 Å². The highest BCUT2D eigenvalue weighted by Gasteiger charge is 2.13. The Hall–Kier alpha value is -3.26. The molecule has 0 radical (unpaired) electrons. The predicted octanol–water partition coefficient (Wildman–Crippen LogP) is 3.20. The predicted molar refractivity (Wildman–Crippen MR) is 105 cm³/mol. The molecule has 0 atom stereocenters. The molecule has 0 saturated carbocycles. The van der Waals surface area contributed by atoms with E-state index in [1.807, 2.05) is 30.3 Å². The number of hydrogen-bond acceptors (Lipinski definition) is 7. The number of fused-ring (bicyclic) bond motifs is 1. The molecule has 28 heavy (non-hydrogen) atoms. The Kier molecular flexibility index (Phi) is 6.33. The number of esters is 2. The van der Waals surface area contributed by atoms with E-state index in [9.17, 15) is 14.4 Å². The van der Waals surface area contributed by atoms with Gasteiger partial charge in [-0.2, -0.15) is 0 Å². The molecule has 0 spiro atoms. The molecule has 2 aromatic carbocycles. The zero-order chi connectivity index (χ0) is 19.9. The number of rotatable bonds is 7. The molecule has 0 bridgehead atoms. The maximum Gasteiger partial charge on any atom is 0.338 e. The Morgan fingerprint density at radius 3 is 2.64 bits per heavy atom. The van der Waals surface area contributed by atoms with Crippen LogP contribution in [-0.2, 0) is 25.5 Å². The molecule has 0 saturated heterocycles. The molecule has 3 rings (SSSR count). The minimum absolute atomic E-state index is 0.0388. The molecule has 1 N–H and O–H groups in total. The van der Waals surface area contributed by atoms with Crippen molar-refractivity contribution in [3.05, 3.63) is 59.1 Å². The van der Waals surface area contributed by atoms with Gasteiger partial charge in [0.25, 0.3) is 5.91 Å². The van der Waals surface area contributed by atoms with Crippen LogP contribution in [-0.4, -0.2) is 36.0 Å². The number of ether oxygens (including phenoxy) is 2. The van der Waals surface area contributed by atoms with E-state index >= 15 is 0 Å². The number of nitrogens with zero attached hydrogens (tertiary/aromatic N) is 1. The second-order valence-electron chi connectivity index (χ2n) is 5.81. The van der Waals surface area contributed by atoms with Gasteiger partial charge in [-0.05, 0) is 29.8 Å². The smallest absolute Gasteiger partial charge is 0.338 e. The SMILES string of the molecule is CCOC(=O)Cc1csc(NC(=O)COC(=O)c2ccc3ccccc3c2)n1. The van der Waals surface area contributed by atoms with Crippen LogP contribution in [0.1, 0.15) is 23.0 Å². The van der Waals surface area contributed by atoms with Crippen LogP contribution in [0.3, 0.4) is 0 Å². The molecule has 144 valence electrons. The maximum absolute atomic E-state index is 12.2. The zero-order valence-corrected chi connectivity index (χ0v) is 16.0. The summed E-state index contributed by atoms with van der Waals surface area (Å²) in [6.45, 7) is 1.59. The van der Waals surface area contributed by atoms with Crippen molar-refractivity contribution in [1.29, 1.82) is 0 Å². The third kappa shape index (κ3) is 5.14. The van der Waals surface area contributed by atoms with Gasteiger partial charge in [0.1, 0.15) is 0 Å². The summed E-state index contributed by atoms with van der Waals surface area (Å²) < 4.78 is 9.92. The van der Waals surface area contributed by atoms with Gasteiger partial charge in [-0.15, -0.1) is 11.3 Å². The average molecular weight is 398 g/mol. The normalized spacial score (nSPS) is 10.5. The van der Waals surface area contributed by atoms with Gasteiger partial charge in [0.2, 0.25) is 0 Å². The number of nitrogens with one attached hydrogen (secondary N) is 1. The minimum atomic E-state index is -0.581. The number of anilines is 1. The molecule has 0 aliphatic carbocycles. The van der Waals surface area contributed by atoms with E-state index in [1.165, 1.54) is 11.3 Å². The van der Waals surface area contributed by atoms with Crippen LogP contribution in [0.25, 0.3) is 10.8 Å². The Bertz CT molecular complexity index is 1010. The zero-order valence-electron chi connectivity index (χ0n) is 15.1. The number of carbonyl (C=O) groups is 3. The first kappa shape index (κ1) is 19.5. The van der Waals surface area contributed by atoms with Crippen molar-refractivity contribution < 1.29 is 23.9 Å². The van der Waals surface area contributed by atoms with Crippen LogP contribution in [0.2, 0.25) is 0 Å². The van der Waals surface area contributed by atoms with Gasteiger partial charge in [0, 0.05) is 5.38 Å². The summed E-state index contributed by atoms with van der Waals surface area (Å²) in [7, 11) is 0. The van der Waals surface area contributed by atoms with Crippen molar-refractivity contribution in [3.8, 4) is 0 Å². The van der Waals surface area contributed by atoms with Crippen molar-refractivity contribution in [2.24, 2.45) is 0 Å². The van der Waals surface area contributed by atoms with E-state index in [0.29, 0.717) is 23.0 Å². The van der Waals surface area contributed by atoms with Crippen LogP contribution in [0, 0.1) is 0 Å². The summed E-state index contributed by atoms with van der Waals surface area (Å²) in [6, 6.07) is 12.9. The Labute approximate surface area is 165 Å². The number of carbonyl (C=O) groups excluding carboxylic acids is 3. The molecule has 0 fully saturated rings. The van der Waals surface area contributed by atoms with Crippen LogP contribution < -0.4 is 5.32 Å². The lowest BCUT2D eigenvalue weighted by Gasteiger charge is -2.06. The highest BCUT2D eigenvalue weighted by molar-refractivity contribution is 7.13. The monoisotopic (exact) mass is 398 g/mol. The molecule has 1 amide bonds. The Balaban J connectivity index is 1.51.